The third-order valence-electron chi connectivity index (χ3n) is 1.98. The van der Waals surface area contributed by atoms with E-state index in [2.05, 4.69) is 25.7 Å². The summed E-state index contributed by atoms with van der Waals surface area (Å²) in [6.45, 7) is 4.52. The molecule has 0 amide bonds. The summed E-state index contributed by atoms with van der Waals surface area (Å²) in [6.07, 6.45) is 0.204. The minimum absolute atomic E-state index is 0.184. The Morgan fingerprint density at radius 1 is 1.29 bits per heavy atom. The second-order valence-corrected chi connectivity index (χ2v) is 3.29. The van der Waals surface area contributed by atoms with Gasteiger partial charge in [-0.15, -0.1) is 0 Å². The number of nitrogen functional groups attached to an aromatic ring is 1. The first-order valence-electron chi connectivity index (χ1n) is 5.47. The zero-order valence-corrected chi connectivity index (χ0v) is 9.97. The fourth-order valence-electron chi connectivity index (χ4n) is 1.05. The Kier molecular flexibility index (Phi) is 5.37. The molecule has 8 heteroatoms. The highest BCUT2D eigenvalue weighted by molar-refractivity contribution is 5.34. The summed E-state index contributed by atoms with van der Waals surface area (Å²) < 4.78 is 5.16. The van der Waals surface area contributed by atoms with E-state index in [4.69, 9.17) is 10.6 Å². The second-order valence-electron chi connectivity index (χ2n) is 3.29. The molecule has 0 saturated heterocycles. The van der Waals surface area contributed by atoms with E-state index in [1.54, 1.807) is 0 Å². The number of hydrogen-bond acceptors (Lipinski definition) is 8. The van der Waals surface area contributed by atoms with Gasteiger partial charge >= 0.3 is 6.01 Å². The van der Waals surface area contributed by atoms with Crippen molar-refractivity contribution in [3.05, 3.63) is 0 Å². The summed E-state index contributed by atoms with van der Waals surface area (Å²) in [5, 5.41) is 12.3. The highest BCUT2D eigenvalue weighted by atomic mass is 16.5. The van der Waals surface area contributed by atoms with Gasteiger partial charge in [0.2, 0.25) is 11.9 Å². The monoisotopic (exact) mass is 242 g/mol. The van der Waals surface area contributed by atoms with Gasteiger partial charge in [0.25, 0.3) is 0 Å². The van der Waals surface area contributed by atoms with Crippen LogP contribution in [0.1, 0.15) is 20.3 Å². The first kappa shape index (κ1) is 13.4. The molecule has 0 aliphatic heterocycles. The number of rotatable bonds is 7. The Hall–Kier alpha value is -1.67. The maximum atomic E-state index is 9.41. The van der Waals surface area contributed by atoms with Gasteiger partial charge < -0.3 is 15.2 Å². The lowest BCUT2D eigenvalue weighted by molar-refractivity contribution is 0.183. The Morgan fingerprint density at radius 2 is 2.00 bits per heavy atom. The van der Waals surface area contributed by atoms with E-state index in [1.807, 2.05) is 13.8 Å². The predicted octanol–water partition coefficient (Wildman–Crippen LogP) is -0.261. The minimum Gasteiger partial charge on any atom is -0.464 e. The largest absolute Gasteiger partial charge is 0.464 e. The van der Waals surface area contributed by atoms with Crippen LogP contribution >= 0.6 is 0 Å². The molecule has 8 nitrogen and oxygen atoms in total. The Bertz CT molecular complexity index is 348. The first-order chi connectivity index (χ1) is 8.19. The lowest BCUT2D eigenvalue weighted by Gasteiger charge is -2.10. The van der Waals surface area contributed by atoms with Gasteiger partial charge in [-0.2, -0.15) is 15.0 Å². The molecule has 0 aliphatic carbocycles. The van der Waals surface area contributed by atoms with Gasteiger partial charge in [-0.25, -0.2) is 5.84 Å². The van der Waals surface area contributed by atoms with E-state index < -0.39 is 6.10 Å². The average molecular weight is 242 g/mol. The van der Waals surface area contributed by atoms with Crippen LogP contribution in [0.5, 0.6) is 6.01 Å². The first-order valence-corrected chi connectivity index (χ1v) is 5.47. The van der Waals surface area contributed by atoms with Gasteiger partial charge in [0.15, 0.2) is 0 Å². The number of nitrogens with two attached hydrogens (primary N) is 1. The summed E-state index contributed by atoms with van der Waals surface area (Å²) in [7, 11) is 0. The molecule has 1 heterocycles. The molecule has 0 radical (unpaired) electrons. The molecule has 0 fully saturated rings. The maximum Gasteiger partial charge on any atom is 0.323 e. The fourth-order valence-corrected chi connectivity index (χ4v) is 1.05. The summed E-state index contributed by atoms with van der Waals surface area (Å²) in [5.41, 5.74) is 2.32. The SMILES string of the molecule is CCOc1nc(NN)nc(NCC(O)CC)n1. The summed E-state index contributed by atoms with van der Waals surface area (Å²) in [4.78, 5) is 11.9. The van der Waals surface area contributed by atoms with Crippen LogP contribution in [0.4, 0.5) is 11.9 Å². The van der Waals surface area contributed by atoms with Gasteiger partial charge in [0, 0.05) is 6.54 Å². The molecule has 96 valence electrons. The molecule has 1 aromatic rings. The number of nitrogens with zero attached hydrogens (tertiary/aromatic N) is 3. The molecule has 1 atom stereocenters. The van der Waals surface area contributed by atoms with E-state index in [-0.39, 0.29) is 12.0 Å². The summed E-state index contributed by atoms with van der Waals surface area (Å²) in [5.74, 6) is 5.75. The number of hydrogen-bond donors (Lipinski definition) is 4. The van der Waals surface area contributed by atoms with Crippen LogP contribution in [0.25, 0.3) is 0 Å². The standard InChI is InChI=1S/C9H18N6O2/c1-3-6(16)5-11-7-12-8(15-10)14-9(13-7)17-4-2/h6,16H,3-5,10H2,1-2H3,(H2,11,12,13,14,15). The van der Waals surface area contributed by atoms with Crippen LogP contribution in [-0.2, 0) is 0 Å². The molecule has 0 aliphatic rings. The molecule has 17 heavy (non-hydrogen) atoms. The lowest BCUT2D eigenvalue weighted by atomic mass is 10.3. The van der Waals surface area contributed by atoms with E-state index in [9.17, 15) is 5.11 Å². The van der Waals surface area contributed by atoms with Crippen LogP contribution in [0.15, 0.2) is 0 Å². The zero-order chi connectivity index (χ0) is 12.7. The van der Waals surface area contributed by atoms with Crippen LogP contribution in [0, 0.1) is 0 Å². The molecule has 0 spiro atoms. The van der Waals surface area contributed by atoms with Crippen LogP contribution in [0.3, 0.4) is 0 Å². The highest BCUT2D eigenvalue weighted by Gasteiger charge is 2.07. The predicted molar refractivity (Wildman–Crippen MR) is 63.6 cm³/mol. The number of aliphatic hydroxyl groups excluding tert-OH is 1. The van der Waals surface area contributed by atoms with Crippen molar-refractivity contribution < 1.29 is 9.84 Å². The second kappa shape index (κ2) is 6.81. The molecule has 5 N–H and O–H groups in total. The van der Waals surface area contributed by atoms with Crippen molar-refractivity contribution in [2.24, 2.45) is 5.84 Å². The van der Waals surface area contributed by atoms with Crippen molar-refractivity contribution in [1.82, 2.24) is 15.0 Å². The summed E-state index contributed by atoms with van der Waals surface area (Å²) >= 11 is 0. The third-order valence-corrected chi connectivity index (χ3v) is 1.98. The molecule has 0 aromatic carbocycles. The number of aliphatic hydroxyl groups is 1. The fraction of sp³-hybridized carbons (Fsp3) is 0.667. The lowest BCUT2D eigenvalue weighted by Crippen LogP contribution is -2.21. The van der Waals surface area contributed by atoms with Gasteiger partial charge in [-0.1, -0.05) is 6.92 Å². The van der Waals surface area contributed by atoms with Gasteiger partial charge in [-0.05, 0) is 13.3 Å². The Labute approximate surface area is 99.6 Å². The zero-order valence-electron chi connectivity index (χ0n) is 9.97. The van der Waals surface area contributed by atoms with Gasteiger partial charge in [-0.3, -0.25) is 5.43 Å². The van der Waals surface area contributed by atoms with Crippen molar-refractivity contribution in [3.63, 3.8) is 0 Å². The molecule has 1 unspecified atom stereocenters. The van der Waals surface area contributed by atoms with E-state index >= 15 is 0 Å². The molecule has 1 rings (SSSR count). The Morgan fingerprint density at radius 3 is 2.59 bits per heavy atom. The highest BCUT2D eigenvalue weighted by Crippen LogP contribution is 2.10. The van der Waals surface area contributed by atoms with Crippen molar-refractivity contribution in [3.8, 4) is 6.01 Å². The molecular formula is C9H18N6O2. The van der Waals surface area contributed by atoms with Crippen molar-refractivity contribution in [2.45, 2.75) is 26.4 Å². The van der Waals surface area contributed by atoms with Gasteiger partial charge in [0.05, 0.1) is 12.7 Å². The van der Waals surface area contributed by atoms with Gasteiger partial charge in [0.1, 0.15) is 0 Å². The average Bonchev–Trinajstić information content (AvgIpc) is 2.36. The maximum absolute atomic E-state index is 9.41. The van der Waals surface area contributed by atoms with Crippen LogP contribution in [-0.4, -0.2) is 39.3 Å². The van der Waals surface area contributed by atoms with E-state index in [0.717, 1.165) is 0 Å². The molecular weight excluding hydrogens is 224 g/mol. The number of hydrazine groups is 1. The smallest absolute Gasteiger partial charge is 0.323 e. The molecule has 0 saturated carbocycles. The van der Waals surface area contributed by atoms with Crippen LogP contribution < -0.4 is 21.3 Å². The molecule has 0 bridgehead atoms. The molecule has 1 aromatic heterocycles. The van der Waals surface area contributed by atoms with E-state index in [1.165, 1.54) is 0 Å². The number of anilines is 2. The topological polar surface area (TPSA) is 118 Å². The van der Waals surface area contributed by atoms with Crippen molar-refractivity contribution in [1.29, 1.82) is 0 Å². The normalized spacial score (nSPS) is 12.0. The van der Waals surface area contributed by atoms with E-state index in [0.29, 0.717) is 25.5 Å². The van der Waals surface area contributed by atoms with Crippen molar-refractivity contribution >= 4 is 11.9 Å². The third kappa shape index (κ3) is 4.37. The quantitative estimate of drug-likeness (QED) is 0.381. The number of aromatic nitrogens is 3. The Balaban J connectivity index is 2.72. The van der Waals surface area contributed by atoms with Crippen molar-refractivity contribution in [2.75, 3.05) is 23.9 Å². The minimum atomic E-state index is -0.448. The van der Waals surface area contributed by atoms with Crippen LogP contribution in [0.2, 0.25) is 0 Å². The number of ether oxygens (including phenoxy) is 1. The summed E-state index contributed by atoms with van der Waals surface area (Å²) in [6, 6.07) is 0.184. The number of nitrogens with one attached hydrogen (secondary N) is 2.